The van der Waals surface area contributed by atoms with Gasteiger partial charge >= 0.3 is 0 Å². The molecule has 2 amide bonds. The average Bonchev–Trinajstić information content (AvgIpc) is 3.02. The van der Waals surface area contributed by atoms with E-state index in [4.69, 9.17) is 5.73 Å². The molecule has 24 heavy (non-hydrogen) atoms. The summed E-state index contributed by atoms with van der Waals surface area (Å²) in [6, 6.07) is 9.69. The lowest BCUT2D eigenvalue weighted by atomic mass is 9.94. The third-order valence-corrected chi connectivity index (χ3v) is 5.04. The number of para-hydroxylation sites is 1. The van der Waals surface area contributed by atoms with E-state index >= 15 is 0 Å². The molecule has 5 nitrogen and oxygen atoms in total. The van der Waals surface area contributed by atoms with Gasteiger partial charge in [-0.3, -0.25) is 9.59 Å². The quantitative estimate of drug-likeness (QED) is 0.878. The van der Waals surface area contributed by atoms with E-state index in [-0.39, 0.29) is 42.1 Å². The summed E-state index contributed by atoms with van der Waals surface area (Å²) < 4.78 is 0. The highest BCUT2D eigenvalue weighted by Gasteiger charge is 2.34. The number of nitrogens with one attached hydrogen (secondary N) is 1. The maximum Gasteiger partial charge on any atom is 0.227 e. The fourth-order valence-electron chi connectivity index (χ4n) is 3.63. The van der Waals surface area contributed by atoms with Crippen LogP contribution in [-0.4, -0.2) is 35.8 Å². The molecule has 0 bridgehead atoms. The zero-order valence-electron chi connectivity index (χ0n) is 13.8. The summed E-state index contributed by atoms with van der Waals surface area (Å²) in [6.07, 6.45) is 4.15. The van der Waals surface area contributed by atoms with E-state index in [2.05, 4.69) is 5.32 Å². The maximum atomic E-state index is 12.5. The van der Waals surface area contributed by atoms with E-state index < -0.39 is 0 Å². The third kappa shape index (κ3) is 4.48. The van der Waals surface area contributed by atoms with E-state index in [1.165, 1.54) is 0 Å². The van der Waals surface area contributed by atoms with Crippen LogP contribution in [0, 0.1) is 11.8 Å². The fourth-order valence-corrected chi connectivity index (χ4v) is 3.63. The van der Waals surface area contributed by atoms with Crippen LogP contribution in [0.3, 0.4) is 0 Å². The molecule has 0 aromatic heterocycles. The molecule has 1 saturated heterocycles. The number of benzene rings is 1. The standard InChI is InChI=1S/C18H25N3O2.ClH/c19-15-7-6-14(12-15)18(23)21-10-8-13(9-11-21)17(22)20-16-4-2-1-3-5-16;/h1-5,13-15H,6-12,19H2,(H,20,22);1H. The van der Waals surface area contributed by atoms with Crippen molar-refractivity contribution >= 4 is 29.9 Å². The molecule has 1 aliphatic heterocycles. The van der Waals surface area contributed by atoms with Crippen molar-refractivity contribution in [3.05, 3.63) is 30.3 Å². The first-order valence-corrected chi connectivity index (χ1v) is 8.54. The summed E-state index contributed by atoms with van der Waals surface area (Å²) >= 11 is 0. The smallest absolute Gasteiger partial charge is 0.227 e. The molecule has 132 valence electrons. The number of likely N-dealkylation sites (tertiary alicyclic amines) is 1. The van der Waals surface area contributed by atoms with Gasteiger partial charge in [0.2, 0.25) is 11.8 Å². The Kier molecular flexibility index (Phi) is 6.63. The molecule has 2 fully saturated rings. The Balaban J connectivity index is 0.00000208. The van der Waals surface area contributed by atoms with Crippen LogP contribution in [0.15, 0.2) is 30.3 Å². The minimum absolute atomic E-state index is 0. The third-order valence-electron chi connectivity index (χ3n) is 5.04. The summed E-state index contributed by atoms with van der Waals surface area (Å²) in [4.78, 5) is 26.7. The Bertz CT molecular complexity index is 559. The number of nitrogens with zero attached hydrogens (tertiary/aromatic N) is 1. The van der Waals surface area contributed by atoms with E-state index in [9.17, 15) is 9.59 Å². The second kappa shape index (κ2) is 8.49. The van der Waals surface area contributed by atoms with Crippen LogP contribution >= 0.6 is 12.4 Å². The Labute approximate surface area is 149 Å². The van der Waals surface area contributed by atoms with Crippen LogP contribution in [0.2, 0.25) is 0 Å². The number of halogens is 1. The van der Waals surface area contributed by atoms with E-state index in [0.29, 0.717) is 13.1 Å². The van der Waals surface area contributed by atoms with Crippen molar-refractivity contribution in [1.82, 2.24) is 4.90 Å². The second-order valence-corrected chi connectivity index (χ2v) is 6.72. The molecule has 2 atom stereocenters. The van der Waals surface area contributed by atoms with Gasteiger partial charge in [0.1, 0.15) is 0 Å². The maximum absolute atomic E-state index is 12.5. The van der Waals surface area contributed by atoms with Gasteiger partial charge in [0.05, 0.1) is 0 Å². The van der Waals surface area contributed by atoms with E-state index in [1.54, 1.807) is 0 Å². The molecule has 6 heteroatoms. The van der Waals surface area contributed by atoms with Gasteiger partial charge in [0.15, 0.2) is 0 Å². The summed E-state index contributed by atoms with van der Waals surface area (Å²) in [7, 11) is 0. The van der Waals surface area contributed by atoms with Crippen LogP contribution in [0.4, 0.5) is 5.69 Å². The van der Waals surface area contributed by atoms with E-state index in [1.807, 2.05) is 35.2 Å². The lowest BCUT2D eigenvalue weighted by Gasteiger charge is -2.33. The van der Waals surface area contributed by atoms with Crippen molar-refractivity contribution in [3.63, 3.8) is 0 Å². The van der Waals surface area contributed by atoms with Gasteiger partial charge in [-0.1, -0.05) is 18.2 Å². The number of nitrogens with two attached hydrogens (primary N) is 1. The van der Waals surface area contributed by atoms with Gasteiger partial charge in [0.25, 0.3) is 0 Å². The molecule has 1 saturated carbocycles. The molecule has 2 aliphatic rings. The summed E-state index contributed by atoms with van der Waals surface area (Å²) in [5.41, 5.74) is 6.73. The van der Waals surface area contributed by atoms with Gasteiger partial charge in [-0.15, -0.1) is 12.4 Å². The lowest BCUT2D eigenvalue weighted by molar-refractivity contribution is -0.138. The highest BCUT2D eigenvalue weighted by atomic mass is 35.5. The summed E-state index contributed by atoms with van der Waals surface area (Å²) in [6.45, 7) is 1.36. The fraction of sp³-hybridized carbons (Fsp3) is 0.556. The van der Waals surface area contributed by atoms with Crippen molar-refractivity contribution in [3.8, 4) is 0 Å². The van der Waals surface area contributed by atoms with Crippen LogP contribution in [-0.2, 0) is 9.59 Å². The lowest BCUT2D eigenvalue weighted by Crippen LogP contribution is -2.43. The molecular weight excluding hydrogens is 326 g/mol. The van der Waals surface area contributed by atoms with E-state index in [0.717, 1.165) is 37.8 Å². The van der Waals surface area contributed by atoms with Gasteiger partial charge < -0.3 is 16.0 Å². The number of piperidine rings is 1. The molecule has 3 rings (SSSR count). The topological polar surface area (TPSA) is 75.4 Å². The second-order valence-electron chi connectivity index (χ2n) is 6.72. The first kappa shape index (κ1) is 18.7. The van der Waals surface area contributed by atoms with Crippen molar-refractivity contribution in [2.75, 3.05) is 18.4 Å². The zero-order chi connectivity index (χ0) is 16.2. The predicted octanol–water partition coefficient (Wildman–Crippen LogP) is 2.41. The number of hydrogen-bond donors (Lipinski definition) is 2. The van der Waals surface area contributed by atoms with Crippen LogP contribution in [0.5, 0.6) is 0 Å². The molecule has 1 heterocycles. The Morgan fingerprint density at radius 2 is 1.67 bits per heavy atom. The molecule has 1 aromatic carbocycles. The van der Waals surface area contributed by atoms with Crippen molar-refractivity contribution < 1.29 is 9.59 Å². The monoisotopic (exact) mass is 351 g/mol. The van der Waals surface area contributed by atoms with Gasteiger partial charge in [-0.05, 0) is 44.2 Å². The number of hydrogen-bond acceptors (Lipinski definition) is 3. The Morgan fingerprint density at radius 1 is 1.00 bits per heavy atom. The summed E-state index contributed by atoms with van der Waals surface area (Å²) in [5, 5.41) is 2.96. The largest absolute Gasteiger partial charge is 0.342 e. The van der Waals surface area contributed by atoms with Gasteiger partial charge in [0, 0.05) is 36.7 Å². The first-order chi connectivity index (χ1) is 11.1. The Morgan fingerprint density at radius 3 is 2.25 bits per heavy atom. The summed E-state index contributed by atoms with van der Waals surface area (Å²) in [5.74, 6) is 0.385. The average molecular weight is 352 g/mol. The zero-order valence-corrected chi connectivity index (χ0v) is 14.6. The highest BCUT2D eigenvalue weighted by Crippen LogP contribution is 2.28. The molecule has 3 N–H and O–H groups in total. The Hall–Kier alpha value is -1.59. The number of carbonyl (C=O) groups excluding carboxylic acids is 2. The van der Waals surface area contributed by atoms with Crippen molar-refractivity contribution in [1.29, 1.82) is 0 Å². The van der Waals surface area contributed by atoms with Crippen molar-refractivity contribution in [2.24, 2.45) is 17.6 Å². The number of rotatable bonds is 3. The molecule has 2 unspecified atom stereocenters. The molecule has 1 aromatic rings. The van der Waals surface area contributed by atoms with Crippen LogP contribution in [0.25, 0.3) is 0 Å². The molecule has 0 spiro atoms. The van der Waals surface area contributed by atoms with Crippen LogP contribution < -0.4 is 11.1 Å². The number of amides is 2. The van der Waals surface area contributed by atoms with Gasteiger partial charge in [-0.25, -0.2) is 0 Å². The minimum Gasteiger partial charge on any atom is -0.342 e. The SMILES string of the molecule is Cl.NC1CCC(C(=O)N2CCC(C(=O)Nc3ccccc3)CC2)C1. The predicted molar refractivity (Wildman–Crippen MR) is 96.9 cm³/mol. The van der Waals surface area contributed by atoms with Gasteiger partial charge in [-0.2, -0.15) is 0 Å². The minimum atomic E-state index is -0.00917. The van der Waals surface area contributed by atoms with Crippen LogP contribution in [0.1, 0.15) is 32.1 Å². The normalized spacial score (nSPS) is 24.3. The molecule has 0 radical (unpaired) electrons. The molecule has 1 aliphatic carbocycles. The molecular formula is C18H26ClN3O2. The first-order valence-electron chi connectivity index (χ1n) is 8.54. The number of anilines is 1. The highest BCUT2D eigenvalue weighted by molar-refractivity contribution is 5.92. The van der Waals surface area contributed by atoms with Crippen molar-refractivity contribution in [2.45, 2.75) is 38.1 Å². The number of carbonyl (C=O) groups is 2.